The number of rotatable bonds is 10. The lowest BCUT2D eigenvalue weighted by Crippen LogP contribution is -2.32. The molecule has 2 aromatic carbocycles. The van der Waals surface area contributed by atoms with E-state index in [-0.39, 0.29) is 25.0 Å². The van der Waals surface area contributed by atoms with Gasteiger partial charge in [0.2, 0.25) is 0 Å². The van der Waals surface area contributed by atoms with Crippen LogP contribution in [0.4, 0.5) is 4.79 Å². The van der Waals surface area contributed by atoms with Gasteiger partial charge in [0.25, 0.3) is 11.8 Å². The monoisotopic (exact) mass is 400 g/mol. The van der Waals surface area contributed by atoms with Gasteiger partial charge in [-0.1, -0.05) is 18.2 Å². The van der Waals surface area contributed by atoms with Crippen LogP contribution in [0.5, 0.6) is 11.5 Å². The van der Waals surface area contributed by atoms with Gasteiger partial charge < -0.3 is 24.8 Å². The van der Waals surface area contributed by atoms with Crippen LogP contribution < -0.4 is 20.1 Å². The average Bonchev–Trinajstić information content (AvgIpc) is 2.73. The van der Waals surface area contributed by atoms with Crippen molar-refractivity contribution in [1.29, 1.82) is 0 Å². The van der Waals surface area contributed by atoms with Gasteiger partial charge in [0.15, 0.2) is 6.61 Å². The van der Waals surface area contributed by atoms with Gasteiger partial charge in [0, 0.05) is 18.7 Å². The van der Waals surface area contributed by atoms with Crippen molar-refractivity contribution in [2.45, 2.75) is 13.3 Å². The van der Waals surface area contributed by atoms with Crippen LogP contribution in [0.3, 0.4) is 0 Å². The first-order valence-electron chi connectivity index (χ1n) is 9.26. The maximum Gasteiger partial charge on any atom is 0.513 e. The number of carbonyl (C=O) groups excluding carboxylic acids is 3. The average molecular weight is 400 g/mol. The summed E-state index contributed by atoms with van der Waals surface area (Å²) < 4.78 is 15.0. The second-order valence-electron chi connectivity index (χ2n) is 5.87. The van der Waals surface area contributed by atoms with E-state index in [9.17, 15) is 14.4 Å². The van der Waals surface area contributed by atoms with E-state index in [2.05, 4.69) is 15.4 Å². The summed E-state index contributed by atoms with van der Waals surface area (Å²) in [6.07, 6.45) is -0.215. The molecule has 154 valence electrons. The highest BCUT2D eigenvalue weighted by atomic mass is 16.7. The summed E-state index contributed by atoms with van der Waals surface area (Å²) in [5, 5.41) is 5.48. The van der Waals surface area contributed by atoms with Crippen LogP contribution in [0, 0.1) is 0 Å². The second kappa shape index (κ2) is 12.0. The van der Waals surface area contributed by atoms with E-state index >= 15 is 0 Å². The molecule has 0 saturated carbocycles. The fourth-order valence-corrected chi connectivity index (χ4v) is 2.25. The van der Waals surface area contributed by atoms with Crippen molar-refractivity contribution in [2.24, 2.45) is 0 Å². The predicted molar refractivity (Wildman–Crippen MR) is 106 cm³/mol. The Morgan fingerprint density at radius 2 is 1.55 bits per heavy atom. The van der Waals surface area contributed by atoms with Gasteiger partial charge in [0.1, 0.15) is 11.5 Å². The molecule has 0 aliphatic carbocycles. The third-order valence-electron chi connectivity index (χ3n) is 3.65. The Bertz CT molecular complexity index is 793. The van der Waals surface area contributed by atoms with Crippen LogP contribution in [0.25, 0.3) is 0 Å². The molecule has 0 bridgehead atoms. The molecule has 2 rings (SSSR count). The number of para-hydroxylation sites is 1. The number of hydrogen-bond donors (Lipinski definition) is 2. The van der Waals surface area contributed by atoms with Gasteiger partial charge in [-0.25, -0.2) is 4.79 Å². The van der Waals surface area contributed by atoms with Crippen molar-refractivity contribution in [3.05, 3.63) is 60.2 Å². The third-order valence-corrected chi connectivity index (χ3v) is 3.65. The molecule has 0 saturated heterocycles. The van der Waals surface area contributed by atoms with Crippen LogP contribution in [0.1, 0.15) is 23.7 Å². The molecule has 0 aromatic heterocycles. The Kier molecular flexibility index (Phi) is 9.01. The maximum atomic E-state index is 12.1. The Labute approximate surface area is 169 Å². The number of carbonyl (C=O) groups is 3. The minimum Gasteiger partial charge on any atom is -0.484 e. The summed E-state index contributed by atoms with van der Waals surface area (Å²) in [7, 11) is 0. The van der Waals surface area contributed by atoms with Crippen LogP contribution in [-0.2, 0) is 9.53 Å². The normalized spacial score (nSPS) is 9.97. The molecule has 0 fully saturated rings. The zero-order chi connectivity index (χ0) is 20.9. The summed E-state index contributed by atoms with van der Waals surface area (Å²) in [5.41, 5.74) is 0.432. The van der Waals surface area contributed by atoms with Crippen LogP contribution in [-0.4, -0.2) is 44.3 Å². The van der Waals surface area contributed by atoms with Crippen molar-refractivity contribution < 1.29 is 28.6 Å². The molecule has 2 aromatic rings. The van der Waals surface area contributed by atoms with E-state index < -0.39 is 6.16 Å². The summed E-state index contributed by atoms with van der Waals surface area (Å²) in [5.74, 6) is 0.442. The van der Waals surface area contributed by atoms with Crippen molar-refractivity contribution in [3.8, 4) is 11.5 Å². The van der Waals surface area contributed by atoms with Crippen LogP contribution in [0.2, 0.25) is 0 Å². The second-order valence-corrected chi connectivity index (χ2v) is 5.87. The molecule has 0 aliphatic rings. The van der Waals surface area contributed by atoms with Crippen molar-refractivity contribution in [3.63, 3.8) is 0 Å². The fourth-order valence-electron chi connectivity index (χ4n) is 2.25. The third kappa shape index (κ3) is 8.34. The van der Waals surface area contributed by atoms with E-state index in [0.717, 1.165) is 0 Å². The lowest BCUT2D eigenvalue weighted by atomic mass is 10.2. The van der Waals surface area contributed by atoms with Gasteiger partial charge >= 0.3 is 6.16 Å². The van der Waals surface area contributed by atoms with Gasteiger partial charge in [-0.3, -0.25) is 9.59 Å². The summed E-state index contributed by atoms with van der Waals surface area (Å²) in [6, 6.07) is 15.2. The van der Waals surface area contributed by atoms with Crippen molar-refractivity contribution >= 4 is 18.0 Å². The van der Waals surface area contributed by atoms with Crippen LogP contribution in [0.15, 0.2) is 54.6 Å². The zero-order valence-electron chi connectivity index (χ0n) is 16.2. The Balaban J connectivity index is 1.60. The lowest BCUT2D eigenvalue weighted by Gasteiger charge is -2.09. The van der Waals surface area contributed by atoms with E-state index in [1.54, 1.807) is 31.2 Å². The standard InChI is InChI=1S/C21H24N2O6/c1-2-27-21(26)29-18-11-9-16(10-12-18)20(25)23-14-6-13-22-19(24)15-28-17-7-4-3-5-8-17/h3-5,7-12H,2,6,13-15H2,1H3,(H,22,24)(H,23,25). The molecular weight excluding hydrogens is 376 g/mol. The van der Waals surface area contributed by atoms with Gasteiger partial charge in [-0.2, -0.15) is 0 Å². The Morgan fingerprint density at radius 1 is 0.862 bits per heavy atom. The molecule has 0 unspecified atom stereocenters. The highest BCUT2D eigenvalue weighted by molar-refractivity contribution is 5.94. The van der Waals surface area contributed by atoms with Crippen LogP contribution >= 0.6 is 0 Å². The molecule has 2 N–H and O–H groups in total. The SMILES string of the molecule is CCOC(=O)Oc1ccc(C(=O)NCCCNC(=O)COc2ccccc2)cc1. The predicted octanol–water partition coefficient (Wildman–Crippen LogP) is 2.54. The van der Waals surface area contributed by atoms with E-state index in [1.165, 1.54) is 12.1 Å². The van der Waals surface area contributed by atoms with E-state index in [1.807, 2.05) is 18.2 Å². The first-order valence-corrected chi connectivity index (χ1v) is 9.26. The smallest absolute Gasteiger partial charge is 0.484 e. The van der Waals surface area contributed by atoms with E-state index in [4.69, 9.17) is 9.47 Å². The first-order chi connectivity index (χ1) is 14.1. The molecule has 8 nitrogen and oxygen atoms in total. The van der Waals surface area contributed by atoms with E-state index in [0.29, 0.717) is 36.6 Å². The maximum absolute atomic E-state index is 12.1. The largest absolute Gasteiger partial charge is 0.513 e. The van der Waals surface area contributed by atoms with Gasteiger partial charge in [-0.05, 0) is 49.7 Å². The molecule has 0 spiro atoms. The fraction of sp³-hybridized carbons (Fsp3) is 0.286. The molecule has 2 amide bonds. The first kappa shape index (κ1) is 21.7. The molecule has 29 heavy (non-hydrogen) atoms. The number of nitrogens with one attached hydrogen (secondary N) is 2. The number of amides is 2. The number of benzene rings is 2. The summed E-state index contributed by atoms with van der Waals surface area (Å²) in [6.45, 7) is 2.67. The molecule has 0 atom stereocenters. The highest BCUT2D eigenvalue weighted by Gasteiger charge is 2.08. The number of ether oxygens (including phenoxy) is 3. The lowest BCUT2D eigenvalue weighted by molar-refractivity contribution is -0.123. The van der Waals surface area contributed by atoms with Crippen molar-refractivity contribution in [2.75, 3.05) is 26.3 Å². The molecular formula is C21H24N2O6. The van der Waals surface area contributed by atoms with Crippen molar-refractivity contribution in [1.82, 2.24) is 10.6 Å². The van der Waals surface area contributed by atoms with Gasteiger partial charge in [0.05, 0.1) is 6.61 Å². The Morgan fingerprint density at radius 3 is 2.24 bits per heavy atom. The molecule has 8 heteroatoms. The highest BCUT2D eigenvalue weighted by Crippen LogP contribution is 2.13. The molecule has 0 aliphatic heterocycles. The molecule has 0 radical (unpaired) electrons. The number of hydrogen-bond acceptors (Lipinski definition) is 6. The Hall–Kier alpha value is -3.55. The topological polar surface area (TPSA) is 103 Å². The van der Waals surface area contributed by atoms with Gasteiger partial charge in [-0.15, -0.1) is 0 Å². The molecule has 0 heterocycles. The minimum atomic E-state index is -0.791. The summed E-state index contributed by atoms with van der Waals surface area (Å²) in [4.78, 5) is 35.0. The summed E-state index contributed by atoms with van der Waals surface area (Å²) >= 11 is 0. The minimum absolute atomic E-state index is 0.0589. The zero-order valence-corrected chi connectivity index (χ0v) is 16.2. The quantitative estimate of drug-likeness (QED) is 0.361.